The molecule has 6 heteroatoms. The summed E-state index contributed by atoms with van der Waals surface area (Å²) in [5.74, 6) is -1.19. The van der Waals surface area contributed by atoms with Crippen LogP contribution in [0.25, 0.3) is 0 Å². The fourth-order valence-electron chi connectivity index (χ4n) is 1.27. The number of nitrogens with zero attached hydrogens (tertiary/aromatic N) is 1. The third kappa shape index (κ3) is 3.17. The lowest BCUT2D eigenvalue weighted by molar-refractivity contribution is -0.386. The fraction of sp³-hybridized carbons (Fsp3) is 0.364. The lowest BCUT2D eigenvalue weighted by Gasteiger charge is -2.10. The standard InChI is InChI=1S/C11H13NO5/c1-3-8-4-5-10(9(6-8)12(15)16)17-7(2)11(13)14/h4-7H,3H2,1-2H3,(H,13,14)/t7-/m0/s1. The Morgan fingerprint density at radius 3 is 2.71 bits per heavy atom. The number of aliphatic carboxylic acids is 1. The van der Waals surface area contributed by atoms with E-state index in [1.807, 2.05) is 6.92 Å². The van der Waals surface area contributed by atoms with Gasteiger partial charge in [-0.25, -0.2) is 4.79 Å². The molecule has 1 aromatic carbocycles. The van der Waals surface area contributed by atoms with Gasteiger partial charge >= 0.3 is 11.7 Å². The second-order valence-corrected chi connectivity index (χ2v) is 3.51. The maximum atomic E-state index is 10.8. The van der Waals surface area contributed by atoms with Gasteiger partial charge in [0.1, 0.15) is 0 Å². The van der Waals surface area contributed by atoms with E-state index < -0.39 is 17.0 Å². The summed E-state index contributed by atoms with van der Waals surface area (Å²) in [7, 11) is 0. The van der Waals surface area contributed by atoms with Gasteiger partial charge in [-0.1, -0.05) is 13.0 Å². The van der Waals surface area contributed by atoms with Crippen molar-refractivity contribution >= 4 is 11.7 Å². The predicted molar refractivity (Wildman–Crippen MR) is 60.2 cm³/mol. The summed E-state index contributed by atoms with van der Waals surface area (Å²) >= 11 is 0. The van der Waals surface area contributed by atoms with Gasteiger partial charge in [0, 0.05) is 6.07 Å². The molecule has 0 amide bonds. The van der Waals surface area contributed by atoms with Crippen molar-refractivity contribution < 1.29 is 19.6 Å². The Morgan fingerprint density at radius 1 is 1.59 bits per heavy atom. The van der Waals surface area contributed by atoms with Crippen LogP contribution in [0.5, 0.6) is 5.75 Å². The molecule has 0 saturated heterocycles. The van der Waals surface area contributed by atoms with Crippen molar-refractivity contribution in [2.45, 2.75) is 26.4 Å². The number of aryl methyl sites for hydroxylation is 1. The molecule has 0 fully saturated rings. The van der Waals surface area contributed by atoms with Crippen molar-refractivity contribution in [3.8, 4) is 5.75 Å². The highest BCUT2D eigenvalue weighted by molar-refractivity contribution is 5.72. The molecule has 1 aromatic rings. The number of carbonyl (C=O) groups is 1. The average molecular weight is 239 g/mol. The number of rotatable bonds is 5. The molecule has 1 atom stereocenters. The highest BCUT2D eigenvalue weighted by Crippen LogP contribution is 2.29. The van der Waals surface area contributed by atoms with E-state index in [9.17, 15) is 14.9 Å². The molecule has 0 aliphatic carbocycles. The lowest BCUT2D eigenvalue weighted by Crippen LogP contribution is -2.23. The van der Waals surface area contributed by atoms with Crippen LogP contribution >= 0.6 is 0 Å². The van der Waals surface area contributed by atoms with Crippen LogP contribution < -0.4 is 4.74 Å². The maximum Gasteiger partial charge on any atom is 0.344 e. The van der Waals surface area contributed by atoms with E-state index in [1.165, 1.54) is 19.1 Å². The number of nitro groups is 1. The molecule has 0 aromatic heterocycles. The molecule has 0 aliphatic heterocycles. The van der Waals surface area contributed by atoms with Gasteiger partial charge in [-0.15, -0.1) is 0 Å². The number of benzene rings is 1. The van der Waals surface area contributed by atoms with Crippen LogP contribution in [0.1, 0.15) is 19.4 Å². The Morgan fingerprint density at radius 2 is 2.24 bits per heavy atom. The molecular formula is C11H13NO5. The largest absolute Gasteiger partial charge is 0.479 e. The Kier molecular flexibility index (Phi) is 4.03. The Labute approximate surface area is 98.0 Å². The zero-order valence-corrected chi connectivity index (χ0v) is 9.54. The number of ether oxygens (including phenoxy) is 1. The molecular weight excluding hydrogens is 226 g/mol. The molecule has 0 bridgehead atoms. The molecule has 0 spiro atoms. The average Bonchev–Trinajstić information content (AvgIpc) is 2.29. The minimum Gasteiger partial charge on any atom is -0.479 e. The lowest BCUT2D eigenvalue weighted by atomic mass is 10.1. The van der Waals surface area contributed by atoms with E-state index in [0.717, 1.165) is 5.56 Å². The minimum atomic E-state index is -1.17. The molecule has 0 radical (unpaired) electrons. The normalized spacial score (nSPS) is 11.9. The molecule has 17 heavy (non-hydrogen) atoms. The van der Waals surface area contributed by atoms with Crippen LogP contribution in [0.3, 0.4) is 0 Å². The summed E-state index contributed by atoms with van der Waals surface area (Å²) in [5.41, 5.74) is 0.587. The van der Waals surface area contributed by atoms with Gasteiger partial charge in [-0.05, 0) is 25.0 Å². The van der Waals surface area contributed by atoms with E-state index in [0.29, 0.717) is 6.42 Å². The van der Waals surface area contributed by atoms with Crippen molar-refractivity contribution in [1.29, 1.82) is 0 Å². The van der Waals surface area contributed by atoms with Gasteiger partial charge in [0.2, 0.25) is 0 Å². The second-order valence-electron chi connectivity index (χ2n) is 3.51. The molecule has 0 saturated carbocycles. The summed E-state index contributed by atoms with van der Waals surface area (Å²) in [5, 5.41) is 19.5. The van der Waals surface area contributed by atoms with Gasteiger partial charge in [0.15, 0.2) is 11.9 Å². The first kappa shape index (κ1) is 13.0. The van der Waals surface area contributed by atoms with E-state index in [4.69, 9.17) is 9.84 Å². The zero-order valence-electron chi connectivity index (χ0n) is 9.54. The highest BCUT2D eigenvalue weighted by atomic mass is 16.6. The molecule has 6 nitrogen and oxygen atoms in total. The summed E-state index contributed by atoms with van der Waals surface area (Å²) < 4.78 is 5.03. The molecule has 0 aliphatic rings. The first-order valence-electron chi connectivity index (χ1n) is 5.12. The zero-order chi connectivity index (χ0) is 13.0. The smallest absolute Gasteiger partial charge is 0.344 e. The highest BCUT2D eigenvalue weighted by Gasteiger charge is 2.20. The molecule has 1 N–H and O–H groups in total. The van der Waals surface area contributed by atoms with Crippen LogP contribution in [0.15, 0.2) is 18.2 Å². The van der Waals surface area contributed by atoms with Gasteiger partial charge in [0.25, 0.3) is 0 Å². The number of nitro benzene ring substituents is 1. The van der Waals surface area contributed by atoms with Crippen LogP contribution in [-0.4, -0.2) is 22.1 Å². The van der Waals surface area contributed by atoms with E-state index in [2.05, 4.69) is 0 Å². The SMILES string of the molecule is CCc1ccc(O[C@@H](C)C(=O)O)c([N+](=O)[O-])c1. The summed E-state index contributed by atoms with van der Waals surface area (Å²) in [4.78, 5) is 20.9. The van der Waals surface area contributed by atoms with Crippen molar-refractivity contribution in [3.05, 3.63) is 33.9 Å². The number of carboxylic acid groups (broad SMARTS) is 1. The van der Waals surface area contributed by atoms with Crippen LogP contribution in [0.4, 0.5) is 5.69 Å². The van der Waals surface area contributed by atoms with Crippen molar-refractivity contribution in [3.63, 3.8) is 0 Å². The van der Waals surface area contributed by atoms with E-state index in [1.54, 1.807) is 6.07 Å². The second kappa shape index (κ2) is 5.29. The topological polar surface area (TPSA) is 89.7 Å². The van der Waals surface area contributed by atoms with E-state index >= 15 is 0 Å². The fourth-order valence-corrected chi connectivity index (χ4v) is 1.27. The van der Waals surface area contributed by atoms with Crippen molar-refractivity contribution in [2.24, 2.45) is 0 Å². The van der Waals surface area contributed by atoms with Gasteiger partial charge < -0.3 is 9.84 Å². The monoisotopic (exact) mass is 239 g/mol. The van der Waals surface area contributed by atoms with Crippen LogP contribution in [0, 0.1) is 10.1 Å². The Hall–Kier alpha value is -2.11. The Balaban J connectivity index is 3.06. The van der Waals surface area contributed by atoms with Gasteiger partial charge in [0.05, 0.1) is 4.92 Å². The third-order valence-corrected chi connectivity index (χ3v) is 2.28. The molecule has 0 unspecified atom stereocenters. The molecule has 92 valence electrons. The van der Waals surface area contributed by atoms with Crippen LogP contribution in [-0.2, 0) is 11.2 Å². The number of carboxylic acids is 1. The maximum absolute atomic E-state index is 10.8. The van der Waals surface area contributed by atoms with Crippen molar-refractivity contribution in [2.75, 3.05) is 0 Å². The minimum absolute atomic E-state index is 0.0258. The third-order valence-electron chi connectivity index (χ3n) is 2.28. The van der Waals surface area contributed by atoms with Gasteiger partial charge in [-0.2, -0.15) is 0 Å². The van der Waals surface area contributed by atoms with Crippen molar-refractivity contribution in [1.82, 2.24) is 0 Å². The van der Waals surface area contributed by atoms with Gasteiger partial charge in [-0.3, -0.25) is 10.1 Å². The summed E-state index contributed by atoms with van der Waals surface area (Å²) in [6.45, 7) is 3.19. The predicted octanol–water partition coefficient (Wildman–Crippen LogP) is 2.01. The first-order chi connectivity index (χ1) is 7.95. The molecule has 1 rings (SSSR count). The quantitative estimate of drug-likeness (QED) is 0.627. The Bertz CT molecular complexity index is 443. The number of hydrogen-bond acceptors (Lipinski definition) is 4. The summed E-state index contributed by atoms with van der Waals surface area (Å²) in [6, 6.07) is 4.50. The van der Waals surface area contributed by atoms with E-state index in [-0.39, 0.29) is 11.4 Å². The summed E-state index contributed by atoms with van der Waals surface area (Å²) in [6.07, 6.45) is -0.462. The van der Waals surface area contributed by atoms with Crippen LogP contribution in [0.2, 0.25) is 0 Å². The number of hydrogen-bond donors (Lipinski definition) is 1. The molecule has 0 heterocycles. The first-order valence-corrected chi connectivity index (χ1v) is 5.12.